The normalized spacial score (nSPS) is 14.6. The Bertz CT molecular complexity index is 622. The third-order valence-corrected chi connectivity index (χ3v) is 4.81. The summed E-state index contributed by atoms with van der Waals surface area (Å²) in [4.78, 5) is 13.0. The van der Waals surface area contributed by atoms with E-state index in [1.54, 1.807) is 11.3 Å². The summed E-state index contributed by atoms with van der Waals surface area (Å²) in [5.74, 6) is 0.862. The lowest BCUT2D eigenvalue weighted by molar-refractivity contribution is -0.119. The molecular weight excluding hydrogens is 308 g/mol. The average Bonchev–Trinajstić information content (AvgIpc) is 3.25. The van der Waals surface area contributed by atoms with Crippen LogP contribution in [0, 0.1) is 0 Å². The van der Waals surface area contributed by atoms with Crippen molar-refractivity contribution in [2.45, 2.75) is 38.3 Å². The van der Waals surface area contributed by atoms with Crippen LogP contribution in [0.25, 0.3) is 0 Å². The number of hydrogen-bond acceptors (Lipinski definition) is 4. The van der Waals surface area contributed by atoms with E-state index in [2.05, 4.69) is 10.6 Å². The molecule has 1 aromatic carbocycles. The quantitative estimate of drug-likeness (QED) is 0.812. The molecule has 1 aromatic heterocycles. The minimum atomic E-state index is -0.0134. The summed E-state index contributed by atoms with van der Waals surface area (Å²) in [6.45, 7) is 0.848. The third kappa shape index (κ3) is 4.99. The molecule has 0 bridgehead atoms. The topological polar surface area (TPSA) is 50.4 Å². The molecule has 1 heterocycles. The molecule has 2 aromatic rings. The maximum absolute atomic E-state index is 11.9. The van der Waals surface area contributed by atoms with Gasteiger partial charge in [0, 0.05) is 16.6 Å². The van der Waals surface area contributed by atoms with E-state index in [1.165, 1.54) is 12.8 Å². The Hall–Kier alpha value is -2.01. The van der Waals surface area contributed by atoms with Crippen LogP contribution < -0.4 is 15.4 Å². The maximum atomic E-state index is 11.9. The largest absolute Gasteiger partial charge is 0.490 e. The van der Waals surface area contributed by atoms with Crippen molar-refractivity contribution < 1.29 is 9.53 Å². The number of hydrogen-bond donors (Lipinski definition) is 2. The van der Waals surface area contributed by atoms with Gasteiger partial charge in [0.15, 0.2) is 0 Å². The maximum Gasteiger partial charge on any atom is 0.239 e. The van der Waals surface area contributed by atoms with Gasteiger partial charge in [-0.2, -0.15) is 0 Å². The number of carbonyl (C=O) groups excluding carboxylic acids is 1. The Morgan fingerprint density at radius 2 is 2.09 bits per heavy atom. The number of anilines is 1. The molecule has 0 aliphatic heterocycles. The number of carbonyl (C=O) groups is 1. The van der Waals surface area contributed by atoms with Gasteiger partial charge in [-0.05, 0) is 49.3 Å². The summed E-state index contributed by atoms with van der Waals surface area (Å²) < 4.78 is 5.98. The van der Waals surface area contributed by atoms with Crippen molar-refractivity contribution in [3.63, 3.8) is 0 Å². The number of nitrogens with one attached hydrogen (secondary N) is 2. The predicted molar refractivity (Wildman–Crippen MR) is 94.0 cm³/mol. The van der Waals surface area contributed by atoms with E-state index >= 15 is 0 Å². The molecule has 1 fully saturated rings. The molecule has 0 unspecified atom stereocenters. The second kappa shape index (κ2) is 8.02. The Morgan fingerprint density at radius 3 is 2.87 bits per heavy atom. The van der Waals surface area contributed by atoms with Gasteiger partial charge in [0.2, 0.25) is 5.91 Å². The monoisotopic (exact) mass is 330 g/mol. The Balaban J connectivity index is 1.44. The van der Waals surface area contributed by atoms with E-state index in [0.29, 0.717) is 12.6 Å². The molecule has 0 spiro atoms. The SMILES string of the molecule is O=C(CNc1cccc(OC2CCCC2)c1)NCc1cccs1. The van der Waals surface area contributed by atoms with Crippen LogP contribution in [0.2, 0.25) is 0 Å². The number of benzene rings is 1. The molecule has 2 N–H and O–H groups in total. The molecule has 0 radical (unpaired) electrons. The van der Waals surface area contributed by atoms with Gasteiger partial charge in [-0.1, -0.05) is 12.1 Å². The fourth-order valence-corrected chi connectivity index (χ4v) is 3.37. The number of ether oxygens (including phenoxy) is 1. The van der Waals surface area contributed by atoms with Gasteiger partial charge in [0.25, 0.3) is 0 Å². The minimum Gasteiger partial charge on any atom is -0.490 e. The van der Waals surface area contributed by atoms with Gasteiger partial charge in [0.1, 0.15) is 5.75 Å². The van der Waals surface area contributed by atoms with Gasteiger partial charge >= 0.3 is 0 Å². The third-order valence-electron chi connectivity index (χ3n) is 3.93. The van der Waals surface area contributed by atoms with Crippen molar-refractivity contribution >= 4 is 22.9 Å². The summed E-state index contributed by atoms with van der Waals surface area (Å²) in [7, 11) is 0. The number of rotatable bonds is 7. The Kier molecular flexibility index (Phi) is 5.53. The van der Waals surface area contributed by atoms with Crippen molar-refractivity contribution in [3.05, 3.63) is 46.7 Å². The standard InChI is InChI=1S/C18H22N2O2S/c21-18(20-12-17-9-4-10-23-17)13-19-14-5-3-8-16(11-14)22-15-6-1-2-7-15/h3-5,8-11,15,19H,1-2,6-7,12-13H2,(H,20,21). The second-order valence-electron chi connectivity index (χ2n) is 5.76. The molecule has 1 aliphatic rings. The van der Waals surface area contributed by atoms with E-state index in [-0.39, 0.29) is 12.5 Å². The van der Waals surface area contributed by atoms with Gasteiger partial charge in [-0.25, -0.2) is 0 Å². The molecule has 1 amide bonds. The lowest BCUT2D eigenvalue weighted by Crippen LogP contribution is -2.29. The van der Waals surface area contributed by atoms with Crippen LogP contribution in [0.3, 0.4) is 0 Å². The van der Waals surface area contributed by atoms with Crippen molar-refractivity contribution in [1.82, 2.24) is 5.32 Å². The zero-order valence-electron chi connectivity index (χ0n) is 13.1. The first-order chi connectivity index (χ1) is 11.3. The molecule has 0 saturated heterocycles. The second-order valence-corrected chi connectivity index (χ2v) is 6.79. The van der Waals surface area contributed by atoms with Crippen LogP contribution in [0.15, 0.2) is 41.8 Å². The van der Waals surface area contributed by atoms with Crippen LogP contribution >= 0.6 is 11.3 Å². The highest BCUT2D eigenvalue weighted by Gasteiger charge is 2.16. The summed E-state index contributed by atoms with van der Waals surface area (Å²) in [6, 6.07) is 11.8. The van der Waals surface area contributed by atoms with Crippen molar-refractivity contribution in [3.8, 4) is 5.75 Å². The summed E-state index contributed by atoms with van der Waals surface area (Å²) in [6.07, 6.45) is 5.14. The van der Waals surface area contributed by atoms with Crippen LogP contribution in [0.1, 0.15) is 30.6 Å². The summed E-state index contributed by atoms with van der Waals surface area (Å²) in [5.41, 5.74) is 0.909. The lowest BCUT2D eigenvalue weighted by Gasteiger charge is -2.14. The van der Waals surface area contributed by atoms with Gasteiger partial charge in [-0.3, -0.25) is 4.79 Å². The first kappa shape index (κ1) is 15.9. The molecular formula is C18H22N2O2S. The molecule has 1 saturated carbocycles. The zero-order chi connectivity index (χ0) is 15.9. The lowest BCUT2D eigenvalue weighted by atomic mass is 10.2. The summed E-state index contributed by atoms with van der Waals surface area (Å²) >= 11 is 1.64. The van der Waals surface area contributed by atoms with Crippen LogP contribution in [-0.2, 0) is 11.3 Å². The van der Waals surface area contributed by atoms with Crippen molar-refractivity contribution in [1.29, 1.82) is 0 Å². The van der Waals surface area contributed by atoms with E-state index in [4.69, 9.17) is 4.74 Å². The number of amides is 1. The van der Waals surface area contributed by atoms with E-state index in [0.717, 1.165) is 29.2 Å². The van der Waals surface area contributed by atoms with Crippen molar-refractivity contribution in [2.24, 2.45) is 0 Å². The van der Waals surface area contributed by atoms with Crippen LogP contribution in [0.4, 0.5) is 5.69 Å². The van der Waals surface area contributed by atoms with Crippen LogP contribution in [-0.4, -0.2) is 18.6 Å². The highest BCUT2D eigenvalue weighted by Crippen LogP contribution is 2.25. The highest BCUT2D eigenvalue weighted by molar-refractivity contribution is 7.09. The van der Waals surface area contributed by atoms with Crippen molar-refractivity contribution in [2.75, 3.05) is 11.9 Å². The van der Waals surface area contributed by atoms with Crippen LogP contribution in [0.5, 0.6) is 5.75 Å². The molecule has 4 nitrogen and oxygen atoms in total. The predicted octanol–water partition coefficient (Wildman–Crippen LogP) is 3.80. The van der Waals surface area contributed by atoms with E-state index < -0.39 is 0 Å². The molecule has 1 aliphatic carbocycles. The molecule has 0 atom stereocenters. The number of thiophene rings is 1. The summed E-state index contributed by atoms with van der Waals surface area (Å²) in [5, 5.41) is 8.07. The highest BCUT2D eigenvalue weighted by atomic mass is 32.1. The molecule has 122 valence electrons. The molecule has 5 heteroatoms. The van der Waals surface area contributed by atoms with Gasteiger partial charge in [-0.15, -0.1) is 11.3 Å². The minimum absolute atomic E-state index is 0.0134. The zero-order valence-corrected chi connectivity index (χ0v) is 13.9. The smallest absolute Gasteiger partial charge is 0.239 e. The fraction of sp³-hybridized carbons (Fsp3) is 0.389. The molecule has 23 heavy (non-hydrogen) atoms. The fourth-order valence-electron chi connectivity index (χ4n) is 2.72. The van der Waals surface area contributed by atoms with E-state index in [1.807, 2.05) is 41.8 Å². The average molecular weight is 330 g/mol. The molecule has 3 rings (SSSR count). The first-order valence-corrected chi connectivity index (χ1v) is 8.97. The Morgan fingerprint density at radius 1 is 1.22 bits per heavy atom. The van der Waals surface area contributed by atoms with Gasteiger partial charge < -0.3 is 15.4 Å². The first-order valence-electron chi connectivity index (χ1n) is 8.09. The Labute approximate surface area is 140 Å². The van der Waals surface area contributed by atoms with E-state index in [9.17, 15) is 4.79 Å². The van der Waals surface area contributed by atoms with Gasteiger partial charge in [0.05, 0.1) is 19.2 Å².